The first kappa shape index (κ1) is 10.1. The largest absolute Gasteiger partial charge is 0.390 e. The van der Waals surface area contributed by atoms with Crippen molar-refractivity contribution in [1.82, 2.24) is 0 Å². The van der Waals surface area contributed by atoms with Crippen LogP contribution in [0.15, 0.2) is 18.2 Å². The summed E-state index contributed by atoms with van der Waals surface area (Å²) in [4.78, 5) is 0. The lowest BCUT2D eigenvalue weighted by molar-refractivity contribution is 0.154. The van der Waals surface area contributed by atoms with E-state index in [2.05, 4.69) is 22.6 Å². The minimum atomic E-state index is -2.50. The fraction of sp³-hybridized carbons (Fsp3) is 0.111. The zero-order valence-electron chi connectivity index (χ0n) is 6.93. The molecule has 1 nitrogen and oxygen atoms in total. The van der Waals surface area contributed by atoms with Gasteiger partial charge in [-0.1, -0.05) is 12.1 Å². The number of nitrogens with two attached hydrogens (primary N) is 1. The molecule has 0 unspecified atom stereocenters. The summed E-state index contributed by atoms with van der Waals surface area (Å²) in [5.41, 5.74) is 5.53. The van der Waals surface area contributed by atoms with Crippen LogP contribution in [0.1, 0.15) is 12.0 Å². The number of thiophene rings is 1. The van der Waals surface area contributed by atoms with Gasteiger partial charge in [-0.3, -0.25) is 0 Å². The number of nitrogen functional groups attached to an aromatic ring is 1. The van der Waals surface area contributed by atoms with Crippen molar-refractivity contribution in [1.29, 1.82) is 0 Å². The Balaban J connectivity index is 2.83. The van der Waals surface area contributed by atoms with Gasteiger partial charge in [0.15, 0.2) is 0 Å². The molecule has 2 rings (SSSR count). The first-order valence-electron chi connectivity index (χ1n) is 3.86. The number of alkyl halides is 2. The maximum Gasteiger partial charge on any atom is 0.267 e. The summed E-state index contributed by atoms with van der Waals surface area (Å²) in [5, 5.41) is 0.800. The number of hydrogen-bond donors (Lipinski definition) is 1. The second kappa shape index (κ2) is 3.62. The third-order valence-electron chi connectivity index (χ3n) is 1.95. The van der Waals surface area contributed by atoms with Crippen LogP contribution in [-0.2, 0) is 0 Å². The topological polar surface area (TPSA) is 26.0 Å². The Morgan fingerprint density at radius 3 is 2.71 bits per heavy atom. The van der Waals surface area contributed by atoms with Crippen LogP contribution in [0.4, 0.5) is 13.8 Å². The molecule has 0 atom stereocenters. The Kier molecular flexibility index (Phi) is 2.61. The molecule has 2 N–H and O–H groups in total. The Hall–Kier alpha value is -0.430. The van der Waals surface area contributed by atoms with Crippen molar-refractivity contribution >= 4 is 49.0 Å². The molecule has 0 aliphatic rings. The van der Waals surface area contributed by atoms with Gasteiger partial charge in [-0.15, -0.1) is 11.3 Å². The van der Waals surface area contributed by atoms with Gasteiger partial charge in [0.25, 0.3) is 6.43 Å². The molecule has 0 aliphatic carbocycles. The minimum absolute atomic E-state index is 0.0245. The minimum Gasteiger partial charge on any atom is -0.390 e. The van der Waals surface area contributed by atoms with Gasteiger partial charge in [0.05, 0.1) is 15.3 Å². The molecule has 0 saturated heterocycles. The molecule has 14 heavy (non-hydrogen) atoms. The molecular weight excluding hydrogens is 319 g/mol. The highest BCUT2D eigenvalue weighted by Gasteiger charge is 2.19. The van der Waals surface area contributed by atoms with E-state index < -0.39 is 6.43 Å². The molecule has 0 bridgehead atoms. The molecular formula is C9H6F2INS. The zero-order valence-corrected chi connectivity index (χ0v) is 9.90. The van der Waals surface area contributed by atoms with E-state index >= 15 is 0 Å². The van der Waals surface area contributed by atoms with Crippen LogP contribution in [0.5, 0.6) is 0 Å². The standard InChI is InChI=1S/C9H6F2INS/c10-8(11)6-4-2-1-3-5(12)7(4)14-9(6)13/h1-3,8H,13H2. The van der Waals surface area contributed by atoms with Gasteiger partial charge in [0, 0.05) is 8.96 Å². The molecule has 2 aromatic rings. The number of rotatable bonds is 1. The summed E-state index contributed by atoms with van der Waals surface area (Å²) in [7, 11) is 0. The predicted octanol–water partition coefficient (Wildman–Crippen LogP) is 4.03. The molecule has 5 heteroatoms. The van der Waals surface area contributed by atoms with E-state index in [1.165, 1.54) is 11.3 Å². The average Bonchev–Trinajstić information content (AvgIpc) is 2.42. The molecule has 1 heterocycles. The Labute approximate surface area is 97.1 Å². The summed E-state index contributed by atoms with van der Waals surface area (Å²) in [5.74, 6) is 0. The molecule has 1 aromatic heterocycles. The highest BCUT2D eigenvalue weighted by Crippen LogP contribution is 2.41. The van der Waals surface area contributed by atoms with E-state index in [4.69, 9.17) is 5.73 Å². The van der Waals surface area contributed by atoms with Gasteiger partial charge in [0.1, 0.15) is 0 Å². The molecule has 74 valence electrons. The van der Waals surface area contributed by atoms with Crippen LogP contribution in [-0.4, -0.2) is 0 Å². The Morgan fingerprint density at radius 2 is 2.07 bits per heavy atom. The van der Waals surface area contributed by atoms with Crippen molar-refractivity contribution in [3.8, 4) is 0 Å². The van der Waals surface area contributed by atoms with E-state index in [-0.39, 0.29) is 10.6 Å². The first-order valence-corrected chi connectivity index (χ1v) is 5.75. The highest BCUT2D eigenvalue weighted by atomic mass is 127. The van der Waals surface area contributed by atoms with Crippen molar-refractivity contribution < 1.29 is 8.78 Å². The van der Waals surface area contributed by atoms with Gasteiger partial charge < -0.3 is 5.73 Å². The van der Waals surface area contributed by atoms with E-state index in [1.807, 2.05) is 6.07 Å². The fourth-order valence-corrected chi connectivity index (χ4v) is 3.16. The third-order valence-corrected chi connectivity index (χ3v) is 4.30. The van der Waals surface area contributed by atoms with Crippen LogP contribution in [0.25, 0.3) is 10.1 Å². The van der Waals surface area contributed by atoms with Crippen molar-refractivity contribution in [2.45, 2.75) is 6.43 Å². The maximum atomic E-state index is 12.6. The normalized spacial score (nSPS) is 11.4. The van der Waals surface area contributed by atoms with Gasteiger partial charge >= 0.3 is 0 Å². The highest BCUT2D eigenvalue weighted by molar-refractivity contribution is 14.1. The third kappa shape index (κ3) is 1.48. The zero-order chi connectivity index (χ0) is 10.3. The van der Waals surface area contributed by atoms with Crippen LogP contribution in [0.2, 0.25) is 0 Å². The van der Waals surface area contributed by atoms with E-state index in [0.717, 1.165) is 8.27 Å². The molecule has 0 saturated carbocycles. The SMILES string of the molecule is Nc1sc2c(I)cccc2c1C(F)F. The van der Waals surface area contributed by atoms with Crippen LogP contribution < -0.4 is 5.73 Å². The van der Waals surface area contributed by atoms with Crippen LogP contribution in [0, 0.1) is 3.57 Å². The molecule has 1 aromatic carbocycles. The van der Waals surface area contributed by atoms with Crippen LogP contribution in [0.3, 0.4) is 0 Å². The lowest BCUT2D eigenvalue weighted by Crippen LogP contribution is -1.88. The summed E-state index contributed by atoms with van der Waals surface area (Å²) in [6, 6.07) is 5.34. The summed E-state index contributed by atoms with van der Waals surface area (Å²) in [6.45, 7) is 0. The Bertz CT molecular complexity index is 481. The second-order valence-electron chi connectivity index (χ2n) is 2.80. The Morgan fingerprint density at radius 1 is 1.36 bits per heavy atom. The van der Waals surface area contributed by atoms with Gasteiger partial charge in [-0.05, 0) is 28.7 Å². The van der Waals surface area contributed by atoms with E-state index in [9.17, 15) is 8.78 Å². The second-order valence-corrected chi connectivity index (χ2v) is 5.01. The number of halogens is 3. The number of anilines is 1. The maximum absolute atomic E-state index is 12.6. The molecule has 0 fully saturated rings. The first-order chi connectivity index (χ1) is 6.61. The van der Waals surface area contributed by atoms with Crippen molar-refractivity contribution in [2.24, 2.45) is 0 Å². The lowest BCUT2D eigenvalue weighted by Gasteiger charge is -1.98. The fourth-order valence-electron chi connectivity index (χ4n) is 1.35. The molecule has 0 aliphatic heterocycles. The van der Waals surface area contributed by atoms with Gasteiger partial charge in [-0.25, -0.2) is 8.78 Å². The van der Waals surface area contributed by atoms with Crippen molar-refractivity contribution in [2.75, 3.05) is 5.73 Å². The molecule has 0 spiro atoms. The van der Waals surface area contributed by atoms with Crippen molar-refractivity contribution in [3.05, 3.63) is 27.3 Å². The van der Waals surface area contributed by atoms with E-state index in [0.29, 0.717) is 5.39 Å². The monoisotopic (exact) mass is 325 g/mol. The van der Waals surface area contributed by atoms with Gasteiger partial charge in [-0.2, -0.15) is 0 Å². The van der Waals surface area contributed by atoms with Crippen LogP contribution >= 0.6 is 33.9 Å². The number of hydrogen-bond acceptors (Lipinski definition) is 2. The summed E-state index contributed by atoms with van der Waals surface area (Å²) >= 11 is 3.35. The van der Waals surface area contributed by atoms with Crippen molar-refractivity contribution in [3.63, 3.8) is 0 Å². The smallest absolute Gasteiger partial charge is 0.267 e. The quantitative estimate of drug-likeness (QED) is 0.787. The lowest BCUT2D eigenvalue weighted by atomic mass is 10.2. The predicted molar refractivity (Wildman–Crippen MR) is 63.9 cm³/mol. The average molecular weight is 325 g/mol. The summed E-state index contributed by atoms with van der Waals surface area (Å²) < 4.78 is 27.1. The number of fused-ring (bicyclic) bond motifs is 1. The molecule has 0 amide bonds. The van der Waals surface area contributed by atoms with E-state index in [1.54, 1.807) is 12.1 Å². The summed E-state index contributed by atoms with van der Waals surface area (Å²) in [6.07, 6.45) is -2.50. The number of benzene rings is 1. The van der Waals surface area contributed by atoms with Gasteiger partial charge in [0.2, 0.25) is 0 Å². The molecule has 0 radical (unpaired) electrons.